The Labute approximate surface area is 73.5 Å². The molecule has 12 heavy (non-hydrogen) atoms. The molecule has 0 aliphatic rings. The molecule has 74 valence electrons. The van der Waals surface area contributed by atoms with E-state index in [4.69, 9.17) is 9.42 Å². The molecule has 0 fully saturated rings. The zero-order valence-electron chi connectivity index (χ0n) is 7.82. The molecule has 0 rings (SSSR count). The van der Waals surface area contributed by atoms with Crippen LogP contribution in [0.2, 0.25) is 0 Å². The van der Waals surface area contributed by atoms with Gasteiger partial charge in [0.2, 0.25) is 0 Å². The Morgan fingerprint density at radius 2 is 2.08 bits per heavy atom. The van der Waals surface area contributed by atoms with Crippen LogP contribution in [0.1, 0.15) is 33.6 Å². The Morgan fingerprint density at radius 3 is 2.50 bits per heavy atom. The van der Waals surface area contributed by atoms with E-state index in [0.717, 1.165) is 12.8 Å². The maximum Gasteiger partial charge on any atom is 0.472 e. The average molecular weight is 196 g/mol. The molecule has 0 saturated heterocycles. The summed E-state index contributed by atoms with van der Waals surface area (Å²) in [5.41, 5.74) is 0. The molecule has 0 amide bonds. The van der Waals surface area contributed by atoms with Gasteiger partial charge in [0.15, 0.2) is 0 Å². The molecule has 1 N–H and O–H groups in total. The molecule has 0 aromatic rings. The molecule has 0 spiro atoms. The summed E-state index contributed by atoms with van der Waals surface area (Å²) < 4.78 is 20.4. The molecule has 2 unspecified atom stereocenters. The Balaban J connectivity index is 3.79. The van der Waals surface area contributed by atoms with Crippen LogP contribution in [0.5, 0.6) is 0 Å². The maximum absolute atomic E-state index is 11.0. The molecule has 0 aliphatic carbocycles. The van der Waals surface area contributed by atoms with E-state index in [2.05, 4.69) is 4.52 Å². The third kappa shape index (κ3) is 5.72. The summed E-state index contributed by atoms with van der Waals surface area (Å²) in [5, 5.41) is 0. The fourth-order valence-corrected chi connectivity index (χ4v) is 1.83. The summed E-state index contributed by atoms with van der Waals surface area (Å²) in [6.45, 7) is 5.58. The number of rotatable bonds is 6. The zero-order valence-corrected chi connectivity index (χ0v) is 8.71. The number of phosphoric ester groups is 1. The lowest BCUT2D eigenvalue weighted by molar-refractivity contribution is 0.111. The molecule has 2 atom stereocenters. The predicted octanol–water partition coefficient (Wildman–Crippen LogP) is 2.33. The first-order valence-electron chi connectivity index (χ1n) is 4.17. The van der Waals surface area contributed by atoms with Gasteiger partial charge < -0.3 is 4.89 Å². The molecule has 0 radical (unpaired) electrons. The van der Waals surface area contributed by atoms with Gasteiger partial charge in [-0.05, 0) is 20.3 Å². The number of phosphoric acid groups is 1. The van der Waals surface area contributed by atoms with E-state index in [-0.39, 0.29) is 12.7 Å². The summed E-state index contributed by atoms with van der Waals surface area (Å²) in [6.07, 6.45) is 1.46. The van der Waals surface area contributed by atoms with Gasteiger partial charge in [-0.1, -0.05) is 13.3 Å². The van der Waals surface area contributed by atoms with Crippen molar-refractivity contribution in [1.82, 2.24) is 0 Å². The van der Waals surface area contributed by atoms with Crippen LogP contribution in [0.4, 0.5) is 0 Å². The second-order valence-electron chi connectivity index (χ2n) is 2.59. The lowest BCUT2D eigenvalue weighted by atomic mass is 10.2. The van der Waals surface area contributed by atoms with Crippen LogP contribution < -0.4 is 0 Å². The molecule has 0 heterocycles. The van der Waals surface area contributed by atoms with Crippen LogP contribution >= 0.6 is 7.82 Å². The van der Waals surface area contributed by atoms with Gasteiger partial charge in [0.25, 0.3) is 0 Å². The van der Waals surface area contributed by atoms with Crippen LogP contribution in [0.15, 0.2) is 0 Å². The molecule has 0 bridgehead atoms. The Kier molecular flexibility index (Phi) is 5.76. The van der Waals surface area contributed by atoms with Crippen LogP contribution in [0.25, 0.3) is 0 Å². The van der Waals surface area contributed by atoms with Crippen LogP contribution in [0.3, 0.4) is 0 Å². The van der Waals surface area contributed by atoms with Crippen LogP contribution in [0, 0.1) is 0 Å². The second kappa shape index (κ2) is 5.70. The zero-order chi connectivity index (χ0) is 9.61. The molecule has 0 aromatic carbocycles. The highest BCUT2D eigenvalue weighted by molar-refractivity contribution is 7.47. The molecule has 4 nitrogen and oxygen atoms in total. The maximum atomic E-state index is 11.0. The van der Waals surface area contributed by atoms with E-state index >= 15 is 0 Å². The quantitative estimate of drug-likeness (QED) is 0.662. The fraction of sp³-hybridized carbons (Fsp3) is 1.00. The highest BCUT2D eigenvalue weighted by Crippen LogP contribution is 2.44. The highest BCUT2D eigenvalue weighted by atomic mass is 31.2. The average Bonchev–Trinajstić information content (AvgIpc) is 1.85. The summed E-state index contributed by atoms with van der Waals surface area (Å²) in [6, 6.07) is 0. The monoisotopic (exact) mass is 196 g/mol. The van der Waals surface area contributed by atoms with Crippen molar-refractivity contribution in [2.75, 3.05) is 6.61 Å². The van der Waals surface area contributed by atoms with Crippen LogP contribution in [-0.4, -0.2) is 17.6 Å². The van der Waals surface area contributed by atoms with Gasteiger partial charge >= 0.3 is 7.82 Å². The van der Waals surface area contributed by atoms with E-state index in [1.54, 1.807) is 13.8 Å². The molecular weight excluding hydrogens is 179 g/mol. The number of hydrogen-bond acceptors (Lipinski definition) is 3. The van der Waals surface area contributed by atoms with Crippen molar-refractivity contribution in [2.45, 2.75) is 39.7 Å². The Morgan fingerprint density at radius 1 is 1.50 bits per heavy atom. The third-order valence-corrected chi connectivity index (χ3v) is 2.51. The summed E-state index contributed by atoms with van der Waals surface area (Å²) in [5.74, 6) is 0. The van der Waals surface area contributed by atoms with Gasteiger partial charge in [-0.15, -0.1) is 0 Å². The van der Waals surface area contributed by atoms with E-state index in [9.17, 15) is 4.57 Å². The van der Waals surface area contributed by atoms with Crippen molar-refractivity contribution in [2.24, 2.45) is 0 Å². The summed E-state index contributed by atoms with van der Waals surface area (Å²) >= 11 is 0. The van der Waals surface area contributed by atoms with Crippen LogP contribution in [-0.2, 0) is 13.6 Å². The highest BCUT2D eigenvalue weighted by Gasteiger charge is 2.22. The fourth-order valence-electron chi connectivity index (χ4n) is 0.880. The molecule has 0 saturated carbocycles. The van der Waals surface area contributed by atoms with E-state index in [1.807, 2.05) is 6.92 Å². The van der Waals surface area contributed by atoms with E-state index in [0.29, 0.717) is 0 Å². The van der Waals surface area contributed by atoms with Gasteiger partial charge in [0.1, 0.15) is 0 Å². The molecular formula is C7H17O4P. The SMILES string of the molecule is CCCC(C)OP(=O)(O)OCC. The van der Waals surface area contributed by atoms with Crippen molar-refractivity contribution in [3.05, 3.63) is 0 Å². The summed E-state index contributed by atoms with van der Waals surface area (Å²) in [7, 11) is -3.78. The smallest absolute Gasteiger partial charge is 0.302 e. The normalized spacial score (nSPS) is 18.7. The molecule has 0 aromatic heterocycles. The largest absolute Gasteiger partial charge is 0.472 e. The van der Waals surface area contributed by atoms with Gasteiger partial charge in [-0.25, -0.2) is 4.57 Å². The topological polar surface area (TPSA) is 55.8 Å². The minimum atomic E-state index is -3.78. The molecule has 0 aliphatic heterocycles. The minimum absolute atomic E-state index is 0.187. The number of hydrogen-bond donors (Lipinski definition) is 1. The van der Waals surface area contributed by atoms with Gasteiger partial charge in [0, 0.05) is 0 Å². The first kappa shape index (κ1) is 12.1. The lowest BCUT2D eigenvalue weighted by Gasteiger charge is -2.15. The van der Waals surface area contributed by atoms with Gasteiger partial charge in [-0.3, -0.25) is 9.05 Å². The summed E-state index contributed by atoms with van der Waals surface area (Å²) in [4.78, 5) is 9.02. The van der Waals surface area contributed by atoms with Crippen molar-refractivity contribution in [3.8, 4) is 0 Å². The Bertz CT molecular complexity index is 159. The molecule has 5 heteroatoms. The Hall–Kier alpha value is 0.110. The second-order valence-corrected chi connectivity index (χ2v) is 4.00. The minimum Gasteiger partial charge on any atom is -0.302 e. The van der Waals surface area contributed by atoms with E-state index in [1.165, 1.54) is 0 Å². The first-order valence-corrected chi connectivity index (χ1v) is 5.67. The van der Waals surface area contributed by atoms with E-state index < -0.39 is 7.82 Å². The van der Waals surface area contributed by atoms with Gasteiger partial charge in [-0.2, -0.15) is 0 Å². The third-order valence-electron chi connectivity index (χ3n) is 1.30. The lowest BCUT2D eigenvalue weighted by Crippen LogP contribution is -2.07. The standard InChI is InChI=1S/C7H17O4P/c1-4-6-7(3)11-12(8,9)10-5-2/h7H,4-6H2,1-3H3,(H,8,9). The van der Waals surface area contributed by atoms with Crippen molar-refractivity contribution in [3.63, 3.8) is 0 Å². The van der Waals surface area contributed by atoms with Crippen molar-refractivity contribution in [1.29, 1.82) is 0 Å². The van der Waals surface area contributed by atoms with Crippen molar-refractivity contribution < 1.29 is 18.5 Å². The van der Waals surface area contributed by atoms with Gasteiger partial charge in [0.05, 0.1) is 12.7 Å². The van der Waals surface area contributed by atoms with Crippen molar-refractivity contribution >= 4 is 7.82 Å². The predicted molar refractivity (Wildman–Crippen MR) is 46.9 cm³/mol. The first-order chi connectivity index (χ1) is 5.52.